The molecule has 2 aromatic heterocycles. The molecule has 0 spiro atoms. The maximum atomic E-state index is 12.2. The van der Waals surface area contributed by atoms with Crippen LogP contribution in [0.15, 0.2) is 35.1 Å². The molecule has 2 rings (SSSR count). The molecular formula is C15H17N3O2. The van der Waals surface area contributed by atoms with Crippen molar-refractivity contribution >= 4 is 5.91 Å². The summed E-state index contributed by atoms with van der Waals surface area (Å²) in [6.45, 7) is 6.07. The number of carbonyl (C=O) groups excluding carboxylic acids is 1. The minimum Gasteiger partial charge on any atom is -0.467 e. The minimum absolute atomic E-state index is 0.196. The Hall–Kier alpha value is -2.48. The third kappa shape index (κ3) is 2.91. The van der Waals surface area contributed by atoms with Gasteiger partial charge in [0.25, 0.3) is 5.91 Å². The van der Waals surface area contributed by atoms with Crippen molar-refractivity contribution in [2.45, 2.75) is 26.8 Å². The van der Waals surface area contributed by atoms with Crippen molar-refractivity contribution in [2.24, 2.45) is 5.41 Å². The van der Waals surface area contributed by atoms with Crippen LogP contribution in [0.1, 0.15) is 48.6 Å². The molecule has 0 aromatic carbocycles. The molecule has 20 heavy (non-hydrogen) atoms. The molecule has 1 atom stereocenters. The van der Waals surface area contributed by atoms with Gasteiger partial charge in [0.15, 0.2) is 0 Å². The van der Waals surface area contributed by atoms with E-state index in [4.69, 9.17) is 9.68 Å². The van der Waals surface area contributed by atoms with E-state index in [0.717, 1.165) is 0 Å². The van der Waals surface area contributed by atoms with Crippen molar-refractivity contribution in [1.82, 2.24) is 10.3 Å². The van der Waals surface area contributed by atoms with Crippen molar-refractivity contribution < 1.29 is 9.21 Å². The fourth-order valence-corrected chi connectivity index (χ4v) is 1.97. The second kappa shape index (κ2) is 5.25. The first-order valence-electron chi connectivity index (χ1n) is 6.34. The van der Waals surface area contributed by atoms with E-state index in [1.807, 2.05) is 32.9 Å². The van der Waals surface area contributed by atoms with E-state index >= 15 is 0 Å². The Morgan fingerprint density at radius 1 is 1.50 bits per heavy atom. The quantitative estimate of drug-likeness (QED) is 0.900. The van der Waals surface area contributed by atoms with Crippen LogP contribution in [0.4, 0.5) is 0 Å². The van der Waals surface area contributed by atoms with E-state index in [1.54, 1.807) is 12.3 Å². The topological polar surface area (TPSA) is 81.8 Å². The second-order valence-corrected chi connectivity index (χ2v) is 5.70. The van der Waals surface area contributed by atoms with E-state index < -0.39 is 0 Å². The van der Waals surface area contributed by atoms with E-state index in [-0.39, 0.29) is 17.4 Å². The van der Waals surface area contributed by atoms with Crippen molar-refractivity contribution in [2.75, 3.05) is 0 Å². The van der Waals surface area contributed by atoms with Crippen LogP contribution in [0.2, 0.25) is 0 Å². The van der Waals surface area contributed by atoms with Gasteiger partial charge in [-0.1, -0.05) is 20.8 Å². The third-order valence-electron chi connectivity index (χ3n) is 3.03. The van der Waals surface area contributed by atoms with Gasteiger partial charge >= 0.3 is 0 Å². The summed E-state index contributed by atoms with van der Waals surface area (Å²) in [5.41, 5.74) is 0.598. The molecule has 2 heterocycles. The average Bonchev–Trinajstić information content (AvgIpc) is 3.04. The highest BCUT2D eigenvalue weighted by molar-refractivity contribution is 5.93. The number of aromatic amines is 1. The lowest BCUT2D eigenvalue weighted by Gasteiger charge is -2.29. The summed E-state index contributed by atoms with van der Waals surface area (Å²) < 4.78 is 5.41. The Labute approximate surface area is 117 Å². The molecule has 1 amide bonds. The average molecular weight is 271 g/mol. The molecule has 2 N–H and O–H groups in total. The van der Waals surface area contributed by atoms with Crippen LogP contribution >= 0.6 is 0 Å². The Bertz CT molecular complexity index is 627. The standard InChI is InChI=1S/C15H17N3O2/c1-15(2,3)13(12-5-4-6-20-12)18-14(19)11-7-10(8-16)9-17-11/h4-7,9,13,17H,1-3H3,(H,18,19). The van der Waals surface area contributed by atoms with Gasteiger partial charge < -0.3 is 14.7 Å². The van der Waals surface area contributed by atoms with Crippen molar-refractivity contribution in [3.8, 4) is 6.07 Å². The zero-order chi connectivity index (χ0) is 14.8. The molecule has 0 aliphatic rings. The molecule has 0 saturated carbocycles. The van der Waals surface area contributed by atoms with Crippen LogP contribution in [-0.2, 0) is 0 Å². The number of nitrogens with one attached hydrogen (secondary N) is 2. The van der Waals surface area contributed by atoms with Crippen LogP contribution in [0, 0.1) is 16.7 Å². The van der Waals surface area contributed by atoms with E-state index in [2.05, 4.69) is 10.3 Å². The maximum Gasteiger partial charge on any atom is 0.268 e. The highest BCUT2D eigenvalue weighted by Gasteiger charge is 2.30. The number of amides is 1. The summed E-state index contributed by atoms with van der Waals surface area (Å²) in [5, 5.41) is 11.7. The van der Waals surface area contributed by atoms with Gasteiger partial charge in [-0.2, -0.15) is 5.26 Å². The number of rotatable bonds is 3. The highest BCUT2D eigenvalue weighted by Crippen LogP contribution is 2.33. The number of nitriles is 1. The molecular weight excluding hydrogens is 254 g/mol. The molecule has 0 aliphatic heterocycles. The zero-order valence-electron chi connectivity index (χ0n) is 11.7. The van der Waals surface area contributed by atoms with Crippen LogP contribution in [0.3, 0.4) is 0 Å². The lowest BCUT2D eigenvalue weighted by Crippen LogP contribution is -2.36. The maximum absolute atomic E-state index is 12.2. The second-order valence-electron chi connectivity index (χ2n) is 5.70. The van der Waals surface area contributed by atoms with Crippen LogP contribution in [0.25, 0.3) is 0 Å². The molecule has 2 aromatic rings. The van der Waals surface area contributed by atoms with E-state index in [1.165, 1.54) is 12.3 Å². The van der Waals surface area contributed by atoms with Gasteiger partial charge in [0.05, 0.1) is 17.9 Å². The molecule has 0 saturated heterocycles. The number of H-pyrrole nitrogens is 1. The van der Waals surface area contributed by atoms with Crippen molar-refractivity contribution in [3.05, 3.63) is 47.7 Å². The van der Waals surface area contributed by atoms with Crippen molar-refractivity contribution in [3.63, 3.8) is 0 Å². The number of hydrogen-bond acceptors (Lipinski definition) is 3. The van der Waals surface area contributed by atoms with Gasteiger partial charge in [0.1, 0.15) is 17.5 Å². The molecule has 1 unspecified atom stereocenters. The van der Waals surface area contributed by atoms with Crippen LogP contribution in [0.5, 0.6) is 0 Å². The normalized spacial score (nSPS) is 12.7. The van der Waals surface area contributed by atoms with Gasteiger partial charge in [-0.05, 0) is 23.6 Å². The highest BCUT2D eigenvalue weighted by atomic mass is 16.3. The van der Waals surface area contributed by atoms with Gasteiger partial charge in [0.2, 0.25) is 0 Å². The Morgan fingerprint density at radius 2 is 2.25 bits per heavy atom. The summed E-state index contributed by atoms with van der Waals surface area (Å²) >= 11 is 0. The van der Waals surface area contributed by atoms with E-state index in [9.17, 15) is 4.79 Å². The summed E-state index contributed by atoms with van der Waals surface area (Å²) in [6, 6.07) is 6.89. The smallest absolute Gasteiger partial charge is 0.268 e. The Kier molecular flexibility index (Phi) is 3.66. The van der Waals surface area contributed by atoms with Crippen LogP contribution < -0.4 is 5.32 Å². The molecule has 0 bridgehead atoms. The number of carbonyl (C=O) groups is 1. The summed E-state index contributed by atoms with van der Waals surface area (Å²) in [4.78, 5) is 15.0. The first kappa shape index (κ1) is 13.9. The minimum atomic E-state index is -0.261. The fourth-order valence-electron chi connectivity index (χ4n) is 1.97. The largest absolute Gasteiger partial charge is 0.467 e. The fraction of sp³-hybridized carbons (Fsp3) is 0.333. The molecule has 0 radical (unpaired) electrons. The predicted molar refractivity (Wildman–Crippen MR) is 73.9 cm³/mol. The number of nitrogens with zero attached hydrogens (tertiary/aromatic N) is 1. The van der Waals surface area contributed by atoms with E-state index in [0.29, 0.717) is 17.0 Å². The van der Waals surface area contributed by atoms with Gasteiger partial charge in [-0.3, -0.25) is 4.79 Å². The molecule has 104 valence electrons. The lowest BCUT2D eigenvalue weighted by molar-refractivity contribution is 0.0885. The van der Waals surface area contributed by atoms with Crippen molar-refractivity contribution in [1.29, 1.82) is 5.26 Å². The molecule has 5 nitrogen and oxygen atoms in total. The first-order chi connectivity index (χ1) is 9.41. The monoisotopic (exact) mass is 271 g/mol. The third-order valence-corrected chi connectivity index (χ3v) is 3.03. The molecule has 5 heteroatoms. The van der Waals surface area contributed by atoms with Gasteiger partial charge in [-0.15, -0.1) is 0 Å². The summed E-state index contributed by atoms with van der Waals surface area (Å²) in [7, 11) is 0. The lowest BCUT2D eigenvalue weighted by atomic mass is 9.85. The molecule has 0 aliphatic carbocycles. The summed E-state index contributed by atoms with van der Waals surface area (Å²) in [5.74, 6) is 0.445. The Balaban J connectivity index is 2.21. The van der Waals surface area contributed by atoms with Crippen LogP contribution in [-0.4, -0.2) is 10.9 Å². The van der Waals surface area contributed by atoms with Gasteiger partial charge in [0, 0.05) is 6.20 Å². The Morgan fingerprint density at radius 3 is 2.75 bits per heavy atom. The van der Waals surface area contributed by atoms with Gasteiger partial charge in [-0.25, -0.2) is 0 Å². The zero-order valence-corrected chi connectivity index (χ0v) is 11.7. The molecule has 0 fully saturated rings. The predicted octanol–water partition coefficient (Wildman–Crippen LogP) is 3.00. The first-order valence-corrected chi connectivity index (χ1v) is 6.34. The number of aromatic nitrogens is 1. The number of furan rings is 1. The summed E-state index contributed by atoms with van der Waals surface area (Å²) in [6.07, 6.45) is 3.09. The SMILES string of the molecule is CC(C)(C)C(NC(=O)c1cc(C#N)c[nH]1)c1ccco1. The number of hydrogen-bond donors (Lipinski definition) is 2.